The van der Waals surface area contributed by atoms with Crippen molar-refractivity contribution >= 4 is 17.8 Å². The summed E-state index contributed by atoms with van der Waals surface area (Å²) in [6.07, 6.45) is 19.7. The Morgan fingerprint density at radius 1 is 0.795 bits per heavy atom. The molecule has 0 bridgehead atoms. The molecule has 0 saturated carbocycles. The van der Waals surface area contributed by atoms with E-state index in [-0.39, 0.29) is 19.2 Å². The lowest BCUT2D eigenvalue weighted by Gasteiger charge is -2.20. The molecule has 2 amide bonds. The van der Waals surface area contributed by atoms with Gasteiger partial charge in [-0.2, -0.15) is 0 Å². The summed E-state index contributed by atoms with van der Waals surface area (Å²) in [4.78, 5) is 33.2. The fourth-order valence-corrected chi connectivity index (χ4v) is 3.69. The SMILES string of the molecule is C.CCCCCCCC(C)(O)/C=C/C(NC(C)=O)C(=O)OC.CCCCCCCC(C)(O)/C=C/CNC(C)=O. The van der Waals surface area contributed by atoms with Crippen LogP contribution in [0.15, 0.2) is 24.3 Å². The molecule has 0 fully saturated rings. The number of aliphatic hydroxyl groups is 2. The first kappa shape index (κ1) is 41.3. The fourth-order valence-electron chi connectivity index (χ4n) is 3.69. The van der Waals surface area contributed by atoms with Crippen LogP contribution in [0.3, 0.4) is 0 Å². The summed E-state index contributed by atoms with van der Waals surface area (Å²) >= 11 is 0. The molecule has 0 saturated heterocycles. The Bertz CT molecular complexity index is 701. The predicted molar refractivity (Wildman–Crippen MR) is 161 cm³/mol. The van der Waals surface area contributed by atoms with Crippen LogP contribution in [0.5, 0.6) is 0 Å². The Morgan fingerprint density at radius 2 is 1.26 bits per heavy atom. The highest BCUT2D eigenvalue weighted by atomic mass is 16.5. The standard InChI is InChI=1S/C16H29NO4.C14H27NO2.CH4/c1-5-6-7-8-9-11-16(3,20)12-10-14(15(19)21-4)17-13(2)18;1-4-5-6-7-8-10-14(3,17)11-9-12-15-13(2)16;/h10,12,14,20H,5-9,11H2,1-4H3,(H,17,18);9,11,17H,4-8,10,12H2,1-3H3,(H,15,16);1H4/b12-10+;11-9+;. The monoisotopic (exact) mass is 556 g/mol. The molecule has 3 atom stereocenters. The zero-order chi connectivity index (χ0) is 29.5. The van der Waals surface area contributed by atoms with Gasteiger partial charge in [0.05, 0.1) is 18.3 Å². The molecular formula is C31H60N2O6. The lowest BCUT2D eigenvalue weighted by atomic mass is 9.96. The third kappa shape index (κ3) is 28.6. The maximum atomic E-state index is 11.5. The van der Waals surface area contributed by atoms with Gasteiger partial charge in [0.15, 0.2) is 0 Å². The number of hydrogen-bond donors (Lipinski definition) is 4. The van der Waals surface area contributed by atoms with Gasteiger partial charge >= 0.3 is 5.97 Å². The number of carbonyl (C=O) groups is 3. The third-order valence-electron chi connectivity index (χ3n) is 5.98. The number of esters is 1. The van der Waals surface area contributed by atoms with Crippen LogP contribution >= 0.6 is 0 Å². The summed E-state index contributed by atoms with van der Waals surface area (Å²) in [6.45, 7) is 11.2. The normalized spacial score (nSPS) is 14.8. The Morgan fingerprint density at radius 3 is 1.67 bits per heavy atom. The van der Waals surface area contributed by atoms with Gasteiger partial charge in [-0.25, -0.2) is 4.79 Å². The third-order valence-corrected chi connectivity index (χ3v) is 5.98. The minimum atomic E-state index is -0.989. The van der Waals surface area contributed by atoms with Crippen molar-refractivity contribution in [1.29, 1.82) is 0 Å². The lowest BCUT2D eigenvalue weighted by molar-refractivity contribution is -0.143. The van der Waals surface area contributed by atoms with E-state index in [1.807, 2.05) is 13.0 Å². The average molecular weight is 557 g/mol. The van der Waals surface area contributed by atoms with Crippen molar-refractivity contribution in [2.45, 2.75) is 143 Å². The van der Waals surface area contributed by atoms with Crippen molar-refractivity contribution in [2.75, 3.05) is 13.7 Å². The van der Waals surface area contributed by atoms with E-state index in [2.05, 4.69) is 29.2 Å². The second-order valence-corrected chi connectivity index (χ2v) is 10.4. The molecule has 8 nitrogen and oxygen atoms in total. The van der Waals surface area contributed by atoms with E-state index >= 15 is 0 Å². The van der Waals surface area contributed by atoms with Gasteiger partial charge in [0.2, 0.25) is 11.8 Å². The van der Waals surface area contributed by atoms with Gasteiger partial charge in [0.1, 0.15) is 6.04 Å². The highest BCUT2D eigenvalue weighted by molar-refractivity contribution is 5.84. The number of carbonyl (C=O) groups excluding carboxylic acids is 3. The Hall–Kier alpha value is -2.19. The molecule has 8 heteroatoms. The van der Waals surface area contributed by atoms with Crippen molar-refractivity contribution in [3.8, 4) is 0 Å². The average Bonchev–Trinajstić information content (AvgIpc) is 2.83. The van der Waals surface area contributed by atoms with E-state index < -0.39 is 23.2 Å². The zero-order valence-electron chi connectivity index (χ0n) is 25.1. The molecule has 0 heterocycles. The van der Waals surface area contributed by atoms with Gasteiger partial charge in [-0.3, -0.25) is 9.59 Å². The molecule has 0 aliphatic heterocycles. The zero-order valence-corrected chi connectivity index (χ0v) is 25.1. The number of hydrogen-bond acceptors (Lipinski definition) is 6. The molecule has 0 radical (unpaired) electrons. The van der Waals surface area contributed by atoms with E-state index in [4.69, 9.17) is 0 Å². The molecule has 0 rings (SSSR count). The number of rotatable bonds is 19. The van der Waals surface area contributed by atoms with Crippen molar-refractivity contribution in [2.24, 2.45) is 0 Å². The Balaban J connectivity index is -0.000000662. The fraction of sp³-hybridized carbons (Fsp3) is 0.774. The summed E-state index contributed by atoms with van der Waals surface area (Å²) in [6, 6.07) is -0.862. The maximum absolute atomic E-state index is 11.5. The first-order chi connectivity index (χ1) is 17.8. The predicted octanol–water partition coefficient (Wildman–Crippen LogP) is 5.76. The second kappa shape index (κ2) is 24.8. The minimum absolute atomic E-state index is 0. The van der Waals surface area contributed by atoms with Crippen LogP contribution < -0.4 is 10.6 Å². The van der Waals surface area contributed by atoms with Gasteiger partial charge in [-0.05, 0) is 26.7 Å². The van der Waals surface area contributed by atoms with Crippen molar-refractivity contribution in [3.63, 3.8) is 0 Å². The summed E-state index contributed by atoms with van der Waals surface area (Å²) in [5, 5.41) is 25.4. The molecule has 0 aromatic rings. The van der Waals surface area contributed by atoms with E-state index in [0.717, 1.165) is 25.7 Å². The van der Waals surface area contributed by atoms with Crippen molar-refractivity contribution in [3.05, 3.63) is 24.3 Å². The largest absolute Gasteiger partial charge is 0.467 e. The van der Waals surface area contributed by atoms with Crippen LogP contribution in [0.2, 0.25) is 0 Å². The Kier molecular flexibility index (Phi) is 26.3. The van der Waals surface area contributed by atoms with Gasteiger partial charge in [-0.15, -0.1) is 0 Å². The smallest absolute Gasteiger partial charge is 0.332 e. The van der Waals surface area contributed by atoms with Crippen molar-refractivity contribution < 1.29 is 29.3 Å². The topological polar surface area (TPSA) is 125 Å². The molecule has 0 aromatic carbocycles. The molecule has 3 unspecified atom stereocenters. The Labute approximate surface area is 239 Å². The highest BCUT2D eigenvalue weighted by Gasteiger charge is 2.21. The van der Waals surface area contributed by atoms with Crippen LogP contribution in [-0.4, -0.2) is 58.9 Å². The molecule has 4 N–H and O–H groups in total. The quantitative estimate of drug-likeness (QED) is 0.0911. The van der Waals surface area contributed by atoms with Crippen molar-refractivity contribution in [1.82, 2.24) is 10.6 Å². The minimum Gasteiger partial charge on any atom is -0.467 e. The number of unbranched alkanes of at least 4 members (excludes halogenated alkanes) is 8. The summed E-state index contributed by atoms with van der Waals surface area (Å²) in [5.41, 5.74) is -1.73. The first-order valence-corrected chi connectivity index (χ1v) is 14.2. The van der Waals surface area contributed by atoms with E-state index in [1.165, 1.54) is 72.0 Å². The number of ether oxygens (including phenoxy) is 1. The summed E-state index contributed by atoms with van der Waals surface area (Å²) < 4.78 is 4.62. The van der Waals surface area contributed by atoms with Crippen LogP contribution in [-0.2, 0) is 19.1 Å². The first-order valence-electron chi connectivity index (χ1n) is 14.2. The van der Waals surface area contributed by atoms with Gasteiger partial charge in [0.25, 0.3) is 0 Å². The van der Waals surface area contributed by atoms with Gasteiger partial charge < -0.3 is 25.6 Å². The molecule has 0 aliphatic rings. The molecule has 230 valence electrons. The second-order valence-electron chi connectivity index (χ2n) is 10.4. The van der Waals surface area contributed by atoms with E-state index in [9.17, 15) is 24.6 Å². The molecule has 0 aliphatic carbocycles. The molecular weight excluding hydrogens is 496 g/mol. The van der Waals surface area contributed by atoms with Crippen LogP contribution in [0, 0.1) is 0 Å². The highest BCUT2D eigenvalue weighted by Crippen LogP contribution is 2.18. The number of methoxy groups -OCH3 is 1. The molecule has 0 aromatic heterocycles. The van der Waals surface area contributed by atoms with Crippen LogP contribution in [0.1, 0.15) is 126 Å². The lowest BCUT2D eigenvalue weighted by Crippen LogP contribution is -2.39. The van der Waals surface area contributed by atoms with Gasteiger partial charge in [-0.1, -0.05) is 110 Å². The van der Waals surface area contributed by atoms with E-state index in [1.54, 1.807) is 19.1 Å². The maximum Gasteiger partial charge on any atom is 0.332 e. The summed E-state index contributed by atoms with van der Waals surface area (Å²) in [7, 11) is 1.26. The molecule has 39 heavy (non-hydrogen) atoms. The van der Waals surface area contributed by atoms with Gasteiger partial charge in [0, 0.05) is 20.4 Å². The number of nitrogens with one attached hydrogen (secondary N) is 2. The van der Waals surface area contributed by atoms with E-state index in [0.29, 0.717) is 13.0 Å². The van der Waals surface area contributed by atoms with Crippen LogP contribution in [0.4, 0.5) is 0 Å². The summed E-state index contributed by atoms with van der Waals surface area (Å²) in [5.74, 6) is -0.927. The van der Waals surface area contributed by atoms with Crippen LogP contribution in [0.25, 0.3) is 0 Å². The molecule has 0 spiro atoms. The number of amides is 2.